The molecule has 0 aromatic heterocycles. The molecule has 0 bridgehead atoms. The molecule has 0 radical (unpaired) electrons. The number of rotatable bonds is 10. The third-order valence-electron chi connectivity index (χ3n) is 8.17. The summed E-state index contributed by atoms with van der Waals surface area (Å²) in [4.78, 5) is 41.1. The highest BCUT2D eigenvalue weighted by molar-refractivity contribution is 5.98. The van der Waals surface area contributed by atoms with E-state index in [1.807, 2.05) is 6.92 Å². The fourth-order valence-electron chi connectivity index (χ4n) is 5.83. The lowest BCUT2D eigenvalue weighted by atomic mass is 9.81. The second kappa shape index (κ2) is 12.4. The molecule has 204 valence electrons. The number of benzene rings is 1. The number of aromatic hydroxyl groups is 1. The number of hydrogen-bond acceptors (Lipinski definition) is 7. The van der Waals surface area contributed by atoms with E-state index in [0.29, 0.717) is 43.7 Å². The number of amides is 2. The first kappa shape index (κ1) is 27.5. The van der Waals surface area contributed by atoms with Crippen molar-refractivity contribution < 1.29 is 29.0 Å². The van der Waals surface area contributed by atoms with Gasteiger partial charge in [-0.2, -0.15) is 0 Å². The zero-order valence-electron chi connectivity index (χ0n) is 22.1. The molecular formula is C28H41N3O6. The van der Waals surface area contributed by atoms with E-state index in [9.17, 15) is 19.5 Å². The Kier molecular flexibility index (Phi) is 9.21. The van der Waals surface area contributed by atoms with Crippen molar-refractivity contribution in [3.8, 4) is 5.75 Å². The second-order valence-electron chi connectivity index (χ2n) is 11.1. The van der Waals surface area contributed by atoms with Gasteiger partial charge in [-0.15, -0.1) is 0 Å². The molecule has 37 heavy (non-hydrogen) atoms. The van der Waals surface area contributed by atoms with Gasteiger partial charge in [-0.25, -0.2) is 0 Å². The topological polar surface area (TPSA) is 117 Å². The van der Waals surface area contributed by atoms with Crippen molar-refractivity contribution in [1.82, 2.24) is 15.5 Å². The van der Waals surface area contributed by atoms with Gasteiger partial charge in [0.15, 0.2) is 5.78 Å². The zero-order valence-corrected chi connectivity index (χ0v) is 22.1. The molecule has 9 heteroatoms. The third-order valence-corrected chi connectivity index (χ3v) is 8.17. The van der Waals surface area contributed by atoms with Gasteiger partial charge in [0.25, 0.3) is 5.91 Å². The van der Waals surface area contributed by atoms with Crippen molar-refractivity contribution in [1.29, 1.82) is 0 Å². The van der Waals surface area contributed by atoms with Crippen molar-refractivity contribution in [2.45, 2.75) is 71.1 Å². The number of morpholine rings is 1. The molecule has 2 saturated heterocycles. The van der Waals surface area contributed by atoms with Gasteiger partial charge in [-0.3, -0.25) is 19.3 Å². The predicted octanol–water partition coefficient (Wildman–Crippen LogP) is 2.40. The van der Waals surface area contributed by atoms with Crippen LogP contribution in [0.4, 0.5) is 0 Å². The minimum Gasteiger partial charge on any atom is -0.508 e. The van der Waals surface area contributed by atoms with Crippen LogP contribution in [0.25, 0.3) is 0 Å². The van der Waals surface area contributed by atoms with Gasteiger partial charge >= 0.3 is 0 Å². The first-order valence-electron chi connectivity index (χ1n) is 13.6. The molecule has 3 N–H and O–H groups in total. The van der Waals surface area contributed by atoms with E-state index in [1.165, 1.54) is 6.07 Å². The molecule has 2 heterocycles. The lowest BCUT2D eigenvalue weighted by Crippen LogP contribution is -2.50. The van der Waals surface area contributed by atoms with Crippen molar-refractivity contribution >= 4 is 17.6 Å². The van der Waals surface area contributed by atoms with Crippen LogP contribution in [0, 0.1) is 11.3 Å². The zero-order chi connectivity index (χ0) is 26.4. The van der Waals surface area contributed by atoms with Crippen LogP contribution in [0.15, 0.2) is 18.2 Å². The summed E-state index contributed by atoms with van der Waals surface area (Å²) < 4.78 is 10.9. The third kappa shape index (κ3) is 7.09. The maximum Gasteiger partial charge on any atom is 0.251 e. The SMILES string of the molecule is CC[C@@H]1OCC(=O)C1CNC(=O)[C@H](CC1(C)CCCC1)NC(=O)c1ccc(O)c(CN2CCOCC2)c1. The molecule has 0 spiro atoms. The summed E-state index contributed by atoms with van der Waals surface area (Å²) in [6.45, 7) is 7.79. The van der Waals surface area contributed by atoms with E-state index in [-0.39, 0.29) is 53.9 Å². The fourth-order valence-corrected chi connectivity index (χ4v) is 5.83. The van der Waals surface area contributed by atoms with Gasteiger partial charge in [0.2, 0.25) is 5.91 Å². The van der Waals surface area contributed by atoms with Crippen LogP contribution in [0.2, 0.25) is 0 Å². The highest BCUT2D eigenvalue weighted by Gasteiger charge is 2.37. The molecule has 3 fully saturated rings. The molecule has 3 aliphatic rings. The number of nitrogens with one attached hydrogen (secondary N) is 2. The lowest BCUT2D eigenvalue weighted by Gasteiger charge is -2.30. The molecule has 1 unspecified atom stereocenters. The Hall–Kier alpha value is -2.49. The maximum absolute atomic E-state index is 13.3. The molecular weight excluding hydrogens is 474 g/mol. The Balaban J connectivity index is 1.45. The largest absolute Gasteiger partial charge is 0.508 e. The van der Waals surface area contributed by atoms with Gasteiger partial charge in [0, 0.05) is 37.3 Å². The normalized spacial score (nSPS) is 24.6. The summed E-state index contributed by atoms with van der Waals surface area (Å²) >= 11 is 0. The Morgan fingerprint density at radius 1 is 1.22 bits per heavy atom. The first-order valence-corrected chi connectivity index (χ1v) is 13.6. The number of ether oxygens (including phenoxy) is 2. The number of hydrogen-bond donors (Lipinski definition) is 3. The summed E-state index contributed by atoms with van der Waals surface area (Å²) in [5, 5.41) is 16.3. The standard InChI is InChI=1S/C28H41N3O6/c1-3-25-21(24(33)18-37-25)16-29-27(35)22(15-28(2)8-4-5-9-28)30-26(34)19-6-7-23(32)20(14-19)17-31-10-12-36-13-11-31/h6-7,14,21-22,25,32H,3-5,8-13,15-18H2,1-2H3,(H,29,35)(H,30,34)/t21?,22-,25-/m0/s1. The molecule has 9 nitrogen and oxygen atoms in total. The van der Waals surface area contributed by atoms with E-state index in [0.717, 1.165) is 38.8 Å². The quantitative estimate of drug-likeness (QED) is 0.438. The van der Waals surface area contributed by atoms with Gasteiger partial charge in [-0.05, 0) is 49.3 Å². The molecule has 1 aromatic carbocycles. The maximum atomic E-state index is 13.3. The number of phenols is 1. The predicted molar refractivity (Wildman–Crippen MR) is 138 cm³/mol. The van der Waals surface area contributed by atoms with Gasteiger partial charge in [0.1, 0.15) is 18.4 Å². The van der Waals surface area contributed by atoms with E-state index in [2.05, 4.69) is 22.5 Å². The van der Waals surface area contributed by atoms with Crippen LogP contribution in [0.3, 0.4) is 0 Å². The molecule has 1 aromatic rings. The van der Waals surface area contributed by atoms with Gasteiger partial charge < -0.3 is 25.2 Å². The van der Waals surface area contributed by atoms with Gasteiger partial charge in [-0.1, -0.05) is 26.7 Å². The van der Waals surface area contributed by atoms with E-state index in [4.69, 9.17) is 9.47 Å². The lowest BCUT2D eigenvalue weighted by molar-refractivity contribution is -0.124. The highest BCUT2D eigenvalue weighted by Crippen LogP contribution is 2.41. The fraction of sp³-hybridized carbons (Fsp3) is 0.679. The van der Waals surface area contributed by atoms with Crippen molar-refractivity contribution in [2.75, 3.05) is 39.5 Å². The number of ketones is 1. The van der Waals surface area contributed by atoms with Crippen LogP contribution >= 0.6 is 0 Å². The van der Waals surface area contributed by atoms with Crippen LogP contribution in [0.1, 0.15) is 68.3 Å². The number of Topliss-reactive ketones (excluding diaryl/α,β-unsaturated/α-hetero) is 1. The number of carbonyl (C=O) groups is 3. The highest BCUT2D eigenvalue weighted by atomic mass is 16.5. The Bertz CT molecular complexity index is 971. The van der Waals surface area contributed by atoms with E-state index in [1.54, 1.807) is 12.1 Å². The van der Waals surface area contributed by atoms with Crippen LogP contribution in [-0.2, 0) is 25.6 Å². The van der Waals surface area contributed by atoms with Crippen LogP contribution < -0.4 is 10.6 Å². The van der Waals surface area contributed by atoms with Crippen LogP contribution in [-0.4, -0.2) is 79.2 Å². The van der Waals surface area contributed by atoms with Crippen molar-refractivity contribution in [3.05, 3.63) is 29.3 Å². The number of nitrogens with zero attached hydrogens (tertiary/aromatic N) is 1. The number of phenolic OH excluding ortho intramolecular Hbond substituents is 1. The Labute approximate surface area is 219 Å². The Morgan fingerprint density at radius 2 is 1.95 bits per heavy atom. The molecule has 2 aliphatic heterocycles. The number of carbonyl (C=O) groups excluding carboxylic acids is 3. The summed E-state index contributed by atoms with van der Waals surface area (Å²) in [7, 11) is 0. The average Bonchev–Trinajstić information content (AvgIpc) is 3.48. The monoisotopic (exact) mass is 515 g/mol. The minimum absolute atomic E-state index is 0.00683. The van der Waals surface area contributed by atoms with Crippen molar-refractivity contribution in [2.24, 2.45) is 11.3 Å². The molecule has 4 rings (SSSR count). The van der Waals surface area contributed by atoms with E-state index < -0.39 is 6.04 Å². The summed E-state index contributed by atoms with van der Waals surface area (Å²) in [5.41, 5.74) is 1.05. The smallest absolute Gasteiger partial charge is 0.251 e. The summed E-state index contributed by atoms with van der Waals surface area (Å²) in [5.74, 6) is -0.829. The molecule has 1 aliphatic carbocycles. The first-order chi connectivity index (χ1) is 17.8. The van der Waals surface area contributed by atoms with E-state index >= 15 is 0 Å². The second-order valence-corrected chi connectivity index (χ2v) is 11.1. The van der Waals surface area contributed by atoms with Gasteiger partial charge in [0.05, 0.1) is 25.2 Å². The van der Waals surface area contributed by atoms with Crippen LogP contribution in [0.5, 0.6) is 5.75 Å². The molecule has 1 saturated carbocycles. The summed E-state index contributed by atoms with van der Waals surface area (Å²) in [6, 6.07) is 4.10. The molecule has 3 atom stereocenters. The summed E-state index contributed by atoms with van der Waals surface area (Å²) in [6.07, 6.45) is 5.33. The molecule has 2 amide bonds. The van der Waals surface area contributed by atoms with Crippen molar-refractivity contribution in [3.63, 3.8) is 0 Å². The minimum atomic E-state index is -0.718. The average molecular weight is 516 g/mol. The Morgan fingerprint density at radius 3 is 2.65 bits per heavy atom.